The van der Waals surface area contributed by atoms with Crippen LogP contribution in [-0.2, 0) is 6.54 Å². The van der Waals surface area contributed by atoms with Crippen LogP contribution in [0.3, 0.4) is 0 Å². The van der Waals surface area contributed by atoms with Crippen molar-refractivity contribution in [3.63, 3.8) is 0 Å². The van der Waals surface area contributed by atoms with E-state index in [2.05, 4.69) is 10.3 Å². The number of nitrogen functional groups attached to an aromatic ring is 1. The smallest absolute Gasteiger partial charge is 0.255 e. The minimum absolute atomic E-state index is 0.0557. The third-order valence-corrected chi connectivity index (χ3v) is 5.14. The maximum atomic E-state index is 14.7. The average Bonchev–Trinajstić information content (AvgIpc) is 2.82. The predicted octanol–water partition coefficient (Wildman–Crippen LogP) is 4.33. The summed E-state index contributed by atoms with van der Waals surface area (Å²) in [5.74, 6) is -1.01. The topological polar surface area (TPSA) is 99.2 Å². The van der Waals surface area contributed by atoms with E-state index in [-0.39, 0.29) is 39.5 Å². The van der Waals surface area contributed by atoms with Crippen LogP contribution in [0.15, 0.2) is 83.9 Å². The summed E-state index contributed by atoms with van der Waals surface area (Å²) >= 11 is 6.04. The Morgan fingerprint density at radius 2 is 1.88 bits per heavy atom. The zero-order valence-corrected chi connectivity index (χ0v) is 17.9. The quantitative estimate of drug-likeness (QED) is 0.442. The summed E-state index contributed by atoms with van der Waals surface area (Å²) in [4.78, 5) is 28.8. The predicted molar refractivity (Wildman–Crippen MR) is 123 cm³/mol. The van der Waals surface area contributed by atoms with Crippen molar-refractivity contribution in [3.05, 3.63) is 111 Å². The molecule has 0 saturated heterocycles. The van der Waals surface area contributed by atoms with Gasteiger partial charge in [0.15, 0.2) is 17.3 Å². The highest BCUT2D eigenvalue weighted by atomic mass is 35.5. The molecule has 0 fully saturated rings. The van der Waals surface area contributed by atoms with E-state index in [1.54, 1.807) is 0 Å². The molecule has 4 aromatic rings. The Morgan fingerprint density at radius 3 is 2.64 bits per heavy atom. The molecule has 0 radical (unpaired) electrons. The Labute approximate surface area is 193 Å². The number of nitrogens with two attached hydrogens (primary N) is 1. The van der Waals surface area contributed by atoms with Crippen molar-refractivity contribution in [2.24, 2.45) is 0 Å². The first-order chi connectivity index (χ1) is 15.9. The molecule has 2 aromatic carbocycles. The third-order valence-electron chi connectivity index (χ3n) is 4.76. The normalized spacial score (nSPS) is 10.6. The minimum atomic E-state index is -0.732. The molecule has 0 spiro atoms. The maximum absolute atomic E-state index is 14.7. The standard InChI is InChI=1S/C24H18ClFN4O3/c25-22-20(10-11-28-23(22)27)33-19-8-7-17(12-18(19)26)30-14-16(6-9-21(30)31)24(32)29-13-15-4-2-1-3-5-15/h1-12,14H,13H2,(H2,27,28)(H,29,32). The molecule has 4 rings (SSSR count). The number of carbonyl (C=O) groups excluding carboxylic acids is 1. The lowest BCUT2D eigenvalue weighted by Gasteiger charge is -2.12. The molecular weight excluding hydrogens is 447 g/mol. The number of benzene rings is 2. The second kappa shape index (κ2) is 9.54. The highest BCUT2D eigenvalue weighted by molar-refractivity contribution is 6.34. The van der Waals surface area contributed by atoms with Gasteiger partial charge in [0, 0.05) is 37.1 Å². The monoisotopic (exact) mass is 464 g/mol. The highest BCUT2D eigenvalue weighted by Gasteiger charge is 2.13. The van der Waals surface area contributed by atoms with Gasteiger partial charge in [0.1, 0.15) is 10.8 Å². The average molecular weight is 465 g/mol. The first kappa shape index (κ1) is 22.0. The van der Waals surface area contributed by atoms with E-state index in [9.17, 15) is 14.0 Å². The lowest BCUT2D eigenvalue weighted by molar-refractivity contribution is 0.0950. The summed E-state index contributed by atoms with van der Waals surface area (Å²) in [6, 6.07) is 17.5. The maximum Gasteiger partial charge on any atom is 0.255 e. The molecule has 3 N–H and O–H groups in total. The van der Waals surface area contributed by atoms with Crippen molar-refractivity contribution in [1.82, 2.24) is 14.9 Å². The second-order valence-corrected chi connectivity index (χ2v) is 7.40. The molecule has 0 unspecified atom stereocenters. The lowest BCUT2D eigenvalue weighted by atomic mass is 10.2. The summed E-state index contributed by atoms with van der Waals surface area (Å²) in [5.41, 5.74) is 6.63. The van der Waals surface area contributed by atoms with E-state index in [0.717, 1.165) is 11.6 Å². The van der Waals surface area contributed by atoms with Gasteiger partial charge < -0.3 is 15.8 Å². The van der Waals surface area contributed by atoms with Crippen LogP contribution in [0, 0.1) is 5.82 Å². The number of ether oxygens (including phenoxy) is 1. The van der Waals surface area contributed by atoms with E-state index in [1.807, 2.05) is 30.3 Å². The Bertz CT molecular complexity index is 1380. The highest BCUT2D eigenvalue weighted by Crippen LogP contribution is 2.33. The van der Waals surface area contributed by atoms with Gasteiger partial charge in [-0.3, -0.25) is 14.2 Å². The number of halogens is 2. The Balaban J connectivity index is 1.56. The van der Waals surface area contributed by atoms with Gasteiger partial charge in [-0.2, -0.15) is 0 Å². The number of anilines is 1. The summed E-state index contributed by atoms with van der Waals surface area (Å²) < 4.78 is 21.4. The van der Waals surface area contributed by atoms with Crippen LogP contribution in [0.5, 0.6) is 11.5 Å². The lowest BCUT2D eigenvalue weighted by Crippen LogP contribution is -2.25. The van der Waals surface area contributed by atoms with Crippen LogP contribution in [-0.4, -0.2) is 15.5 Å². The van der Waals surface area contributed by atoms with Crippen LogP contribution in [0.1, 0.15) is 15.9 Å². The number of carbonyl (C=O) groups is 1. The minimum Gasteiger partial charge on any atom is -0.453 e. The Hall–Kier alpha value is -4.17. The van der Waals surface area contributed by atoms with Crippen molar-refractivity contribution >= 4 is 23.3 Å². The third kappa shape index (κ3) is 5.02. The zero-order chi connectivity index (χ0) is 23.4. The van der Waals surface area contributed by atoms with Crippen LogP contribution in [0.2, 0.25) is 5.02 Å². The molecule has 33 heavy (non-hydrogen) atoms. The SMILES string of the molecule is Nc1nccc(Oc2ccc(-n3cc(C(=O)NCc4ccccc4)ccc3=O)cc2F)c1Cl. The largest absolute Gasteiger partial charge is 0.453 e. The van der Waals surface area contributed by atoms with Crippen LogP contribution in [0.25, 0.3) is 5.69 Å². The van der Waals surface area contributed by atoms with Crippen LogP contribution >= 0.6 is 11.6 Å². The van der Waals surface area contributed by atoms with E-state index in [1.165, 1.54) is 47.3 Å². The number of nitrogens with one attached hydrogen (secondary N) is 1. The molecule has 2 heterocycles. The molecule has 0 aliphatic rings. The molecule has 1 amide bonds. The molecule has 0 aliphatic carbocycles. The first-order valence-electron chi connectivity index (χ1n) is 9.85. The summed E-state index contributed by atoms with van der Waals surface area (Å²) in [5, 5.41) is 2.86. The Morgan fingerprint density at radius 1 is 1.09 bits per heavy atom. The fraction of sp³-hybridized carbons (Fsp3) is 0.0417. The number of rotatable bonds is 6. The van der Waals surface area contributed by atoms with E-state index < -0.39 is 11.4 Å². The van der Waals surface area contributed by atoms with Crippen molar-refractivity contribution in [3.8, 4) is 17.2 Å². The molecule has 9 heteroatoms. The van der Waals surface area contributed by atoms with Gasteiger partial charge in [0.2, 0.25) is 0 Å². The second-order valence-electron chi connectivity index (χ2n) is 7.02. The van der Waals surface area contributed by atoms with Gasteiger partial charge in [-0.1, -0.05) is 41.9 Å². The molecule has 0 saturated carbocycles. The molecule has 166 valence electrons. The van der Waals surface area contributed by atoms with Gasteiger partial charge in [-0.05, 0) is 23.8 Å². The van der Waals surface area contributed by atoms with Crippen LogP contribution in [0.4, 0.5) is 10.2 Å². The van der Waals surface area contributed by atoms with Crippen molar-refractivity contribution in [2.75, 3.05) is 5.73 Å². The van der Waals surface area contributed by atoms with Crippen molar-refractivity contribution in [1.29, 1.82) is 0 Å². The fourth-order valence-corrected chi connectivity index (χ4v) is 3.21. The van der Waals surface area contributed by atoms with Crippen molar-refractivity contribution in [2.45, 2.75) is 6.54 Å². The molecule has 0 atom stereocenters. The number of nitrogens with zero attached hydrogens (tertiary/aromatic N) is 2. The number of hydrogen-bond acceptors (Lipinski definition) is 5. The van der Waals surface area contributed by atoms with Gasteiger partial charge in [0.25, 0.3) is 11.5 Å². The van der Waals surface area contributed by atoms with E-state index in [0.29, 0.717) is 6.54 Å². The van der Waals surface area contributed by atoms with Gasteiger partial charge >= 0.3 is 0 Å². The van der Waals surface area contributed by atoms with E-state index >= 15 is 0 Å². The Kier molecular flexibility index (Phi) is 6.37. The summed E-state index contributed by atoms with van der Waals surface area (Å²) in [6.07, 6.45) is 2.75. The summed E-state index contributed by atoms with van der Waals surface area (Å²) in [6.45, 7) is 0.335. The zero-order valence-electron chi connectivity index (χ0n) is 17.2. The molecule has 0 aliphatic heterocycles. The number of pyridine rings is 2. The van der Waals surface area contributed by atoms with Crippen molar-refractivity contribution < 1.29 is 13.9 Å². The van der Waals surface area contributed by atoms with Gasteiger partial charge in [-0.25, -0.2) is 9.37 Å². The number of hydrogen-bond donors (Lipinski definition) is 2. The van der Waals surface area contributed by atoms with Gasteiger partial charge in [-0.15, -0.1) is 0 Å². The number of amides is 1. The molecule has 2 aromatic heterocycles. The number of aromatic nitrogens is 2. The molecule has 0 bridgehead atoms. The summed E-state index contributed by atoms with van der Waals surface area (Å²) in [7, 11) is 0. The van der Waals surface area contributed by atoms with Crippen LogP contribution < -0.4 is 21.3 Å². The fourth-order valence-electron chi connectivity index (χ4n) is 3.06. The molecule has 7 nitrogen and oxygen atoms in total. The first-order valence-corrected chi connectivity index (χ1v) is 10.2. The van der Waals surface area contributed by atoms with Gasteiger partial charge in [0.05, 0.1) is 11.3 Å². The van der Waals surface area contributed by atoms with E-state index in [4.69, 9.17) is 22.1 Å². The molecular formula is C24H18ClFN4O3.